The fourth-order valence-corrected chi connectivity index (χ4v) is 2.66. The van der Waals surface area contributed by atoms with Crippen molar-refractivity contribution in [3.05, 3.63) is 90.0 Å². The van der Waals surface area contributed by atoms with Crippen LogP contribution in [0.25, 0.3) is 0 Å². The number of carbonyl (C=O) groups excluding carboxylic acids is 1. The van der Waals surface area contributed by atoms with Crippen LogP contribution in [0.5, 0.6) is 11.5 Å². The van der Waals surface area contributed by atoms with Crippen LogP contribution < -0.4 is 14.4 Å². The maximum atomic E-state index is 13.8. The van der Waals surface area contributed by atoms with Gasteiger partial charge in [-0.25, -0.2) is 8.78 Å². The Balaban J connectivity index is 1.79. The Morgan fingerprint density at radius 2 is 1.68 bits per heavy atom. The molecule has 0 saturated heterocycles. The summed E-state index contributed by atoms with van der Waals surface area (Å²) in [5.74, 6) is -1.44. The van der Waals surface area contributed by atoms with Gasteiger partial charge in [-0.05, 0) is 42.0 Å². The summed E-state index contributed by atoms with van der Waals surface area (Å²) in [5.41, 5.74) is 1.58. The van der Waals surface area contributed by atoms with E-state index >= 15 is 0 Å². The summed E-state index contributed by atoms with van der Waals surface area (Å²) in [6.07, 6.45) is 0. The quantitative estimate of drug-likeness (QED) is 0.599. The van der Waals surface area contributed by atoms with Crippen molar-refractivity contribution in [1.29, 1.82) is 0 Å². The van der Waals surface area contributed by atoms with Gasteiger partial charge >= 0.3 is 0 Å². The van der Waals surface area contributed by atoms with Gasteiger partial charge in [0, 0.05) is 11.8 Å². The van der Waals surface area contributed by atoms with Crippen molar-refractivity contribution in [2.45, 2.75) is 6.54 Å². The van der Waals surface area contributed by atoms with E-state index in [0.717, 1.165) is 17.7 Å². The highest BCUT2D eigenvalue weighted by molar-refractivity contribution is 5.94. The lowest BCUT2D eigenvalue weighted by Gasteiger charge is -2.23. The third-order valence-electron chi connectivity index (χ3n) is 4.11. The second kappa shape index (κ2) is 8.99. The van der Waals surface area contributed by atoms with Crippen molar-refractivity contribution >= 4 is 11.6 Å². The number of halogens is 2. The summed E-state index contributed by atoms with van der Waals surface area (Å²) in [7, 11) is 1.56. The molecule has 0 N–H and O–H groups in total. The van der Waals surface area contributed by atoms with Crippen LogP contribution in [-0.4, -0.2) is 19.6 Å². The minimum atomic E-state index is -0.855. The molecule has 0 aliphatic carbocycles. The van der Waals surface area contributed by atoms with Crippen molar-refractivity contribution < 1.29 is 23.0 Å². The number of hydrogen-bond donors (Lipinski definition) is 0. The first-order valence-electron chi connectivity index (χ1n) is 8.63. The molecule has 6 heteroatoms. The molecule has 144 valence electrons. The zero-order chi connectivity index (χ0) is 19.9. The Labute approximate surface area is 161 Å². The monoisotopic (exact) mass is 383 g/mol. The summed E-state index contributed by atoms with van der Waals surface area (Å²) < 4.78 is 37.2. The Kier molecular flexibility index (Phi) is 6.22. The van der Waals surface area contributed by atoms with E-state index in [1.54, 1.807) is 31.4 Å². The molecule has 0 fully saturated rings. The van der Waals surface area contributed by atoms with Gasteiger partial charge in [-0.3, -0.25) is 4.79 Å². The van der Waals surface area contributed by atoms with Crippen LogP contribution in [-0.2, 0) is 11.3 Å². The Hall–Kier alpha value is -3.41. The van der Waals surface area contributed by atoms with E-state index in [4.69, 9.17) is 9.47 Å². The molecule has 0 saturated carbocycles. The molecular formula is C22H19F2NO3. The van der Waals surface area contributed by atoms with Crippen LogP contribution >= 0.6 is 0 Å². The number of methoxy groups -OCH3 is 1. The minimum Gasteiger partial charge on any atom is -0.497 e. The van der Waals surface area contributed by atoms with Crippen LogP contribution in [0.3, 0.4) is 0 Å². The molecule has 28 heavy (non-hydrogen) atoms. The number of rotatable bonds is 7. The van der Waals surface area contributed by atoms with Crippen LogP contribution in [0, 0.1) is 11.6 Å². The minimum absolute atomic E-state index is 0.177. The zero-order valence-corrected chi connectivity index (χ0v) is 15.3. The summed E-state index contributed by atoms with van der Waals surface area (Å²) in [6.45, 7) is -0.0668. The summed E-state index contributed by atoms with van der Waals surface area (Å²) >= 11 is 0. The van der Waals surface area contributed by atoms with Gasteiger partial charge in [0.15, 0.2) is 18.2 Å². The van der Waals surface area contributed by atoms with Crippen molar-refractivity contribution in [3.63, 3.8) is 0 Å². The highest BCUT2D eigenvalue weighted by atomic mass is 19.1. The number of anilines is 1. The van der Waals surface area contributed by atoms with Gasteiger partial charge in [-0.1, -0.05) is 30.3 Å². The average molecular weight is 383 g/mol. The SMILES string of the molecule is COc1ccc(N(Cc2ccccc2)C(=O)COc2ccc(F)cc2F)cc1. The lowest BCUT2D eigenvalue weighted by molar-refractivity contribution is -0.120. The molecule has 0 bridgehead atoms. The van der Waals surface area contributed by atoms with E-state index in [2.05, 4.69) is 0 Å². The van der Waals surface area contributed by atoms with E-state index in [9.17, 15) is 13.6 Å². The highest BCUT2D eigenvalue weighted by Crippen LogP contribution is 2.22. The molecular weight excluding hydrogens is 364 g/mol. The van der Waals surface area contributed by atoms with Gasteiger partial charge in [-0.15, -0.1) is 0 Å². The lowest BCUT2D eigenvalue weighted by atomic mass is 10.2. The first-order chi connectivity index (χ1) is 13.6. The number of hydrogen-bond acceptors (Lipinski definition) is 3. The van der Waals surface area contributed by atoms with Gasteiger partial charge in [-0.2, -0.15) is 0 Å². The molecule has 3 rings (SSSR count). The molecule has 0 atom stereocenters. The molecule has 0 radical (unpaired) electrons. The first-order valence-corrected chi connectivity index (χ1v) is 8.63. The van der Waals surface area contributed by atoms with Crippen LogP contribution in [0.15, 0.2) is 72.8 Å². The largest absolute Gasteiger partial charge is 0.497 e. The molecule has 3 aromatic carbocycles. The third kappa shape index (κ3) is 4.85. The standard InChI is InChI=1S/C22H19F2NO3/c1-27-19-10-8-18(9-11-19)25(14-16-5-3-2-4-6-16)22(26)15-28-21-12-7-17(23)13-20(21)24/h2-13H,14-15H2,1H3. The van der Waals surface area contributed by atoms with E-state index in [-0.39, 0.29) is 18.3 Å². The topological polar surface area (TPSA) is 38.8 Å². The molecule has 0 aromatic heterocycles. The molecule has 1 amide bonds. The molecule has 0 aliphatic rings. The van der Waals surface area contributed by atoms with Crippen molar-refractivity contribution in [2.24, 2.45) is 0 Å². The van der Waals surface area contributed by atoms with Crippen LogP contribution in [0.1, 0.15) is 5.56 Å². The van der Waals surface area contributed by atoms with Crippen molar-refractivity contribution in [2.75, 3.05) is 18.6 Å². The van der Waals surface area contributed by atoms with Crippen molar-refractivity contribution in [1.82, 2.24) is 0 Å². The molecule has 4 nitrogen and oxygen atoms in total. The number of amides is 1. The van der Waals surface area contributed by atoms with Gasteiger partial charge in [0.1, 0.15) is 11.6 Å². The van der Waals surface area contributed by atoms with E-state index < -0.39 is 11.6 Å². The molecule has 3 aromatic rings. The highest BCUT2D eigenvalue weighted by Gasteiger charge is 2.18. The van der Waals surface area contributed by atoms with E-state index in [1.165, 1.54) is 4.90 Å². The van der Waals surface area contributed by atoms with Gasteiger partial charge in [0.25, 0.3) is 5.91 Å². The Bertz CT molecular complexity index is 930. The maximum Gasteiger partial charge on any atom is 0.265 e. The number of carbonyl (C=O) groups is 1. The van der Waals surface area contributed by atoms with E-state index in [1.807, 2.05) is 30.3 Å². The molecule has 0 unspecified atom stereocenters. The van der Waals surface area contributed by atoms with E-state index in [0.29, 0.717) is 24.0 Å². The predicted octanol–water partition coefficient (Wildman–Crippen LogP) is 4.59. The third-order valence-corrected chi connectivity index (χ3v) is 4.11. The second-order valence-corrected chi connectivity index (χ2v) is 6.03. The zero-order valence-electron chi connectivity index (χ0n) is 15.3. The number of ether oxygens (including phenoxy) is 2. The maximum absolute atomic E-state index is 13.8. The average Bonchev–Trinajstić information content (AvgIpc) is 2.72. The van der Waals surface area contributed by atoms with Crippen LogP contribution in [0.2, 0.25) is 0 Å². The first kappa shape index (κ1) is 19.4. The number of benzene rings is 3. The summed E-state index contributed by atoms with van der Waals surface area (Å²) in [5, 5.41) is 0. The van der Waals surface area contributed by atoms with Gasteiger partial charge < -0.3 is 14.4 Å². The fourth-order valence-electron chi connectivity index (χ4n) is 2.66. The van der Waals surface area contributed by atoms with Gasteiger partial charge in [0.05, 0.1) is 13.7 Å². The van der Waals surface area contributed by atoms with Crippen molar-refractivity contribution in [3.8, 4) is 11.5 Å². The smallest absolute Gasteiger partial charge is 0.265 e. The fraction of sp³-hybridized carbons (Fsp3) is 0.136. The molecule has 0 aliphatic heterocycles. The number of nitrogens with zero attached hydrogens (tertiary/aromatic N) is 1. The van der Waals surface area contributed by atoms with Crippen LogP contribution in [0.4, 0.5) is 14.5 Å². The summed E-state index contributed by atoms with van der Waals surface area (Å²) in [4.78, 5) is 14.4. The Morgan fingerprint density at radius 3 is 2.32 bits per heavy atom. The van der Waals surface area contributed by atoms with Gasteiger partial charge in [0.2, 0.25) is 0 Å². The normalized spacial score (nSPS) is 10.4. The predicted molar refractivity (Wildman–Crippen MR) is 102 cm³/mol. The summed E-state index contributed by atoms with van der Waals surface area (Å²) in [6, 6.07) is 19.5. The lowest BCUT2D eigenvalue weighted by Crippen LogP contribution is -2.34. The second-order valence-electron chi connectivity index (χ2n) is 6.03. The Morgan fingerprint density at radius 1 is 0.964 bits per heavy atom. The molecule has 0 spiro atoms. The molecule has 0 heterocycles.